The second-order valence-corrected chi connectivity index (χ2v) is 12.7. The molecule has 0 unspecified atom stereocenters. The molecule has 7 heteroatoms. The monoisotopic (exact) mass is 527 g/mol. The Morgan fingerprint density at radius 2 is 1.61 bits per heavy atom. The van der Waals surface area contributed by atoms with Crippen molar-refractivity contribution in [3.8, 4) is 0 Å². The summed E-state index contributed by atoms with van der Waals surface area (Å²) in [6.07, 6.45) is 6.46. The Kier molecular flexibility index (Phi) is 10.5. The Morgan fingerprint density at radius 1 is 0.972 bits per heavy atom. The van der Waals surface area contributed by atoms with E-state index in [4.69, 9.17) is 0 Å². The van der Waals surface area contributed by atoms with Crippen molar-refractivity contribution in [2.24, 2.45) is 5.92 Å². The van der Waals surface area contributed by atoms with Crippen LogP contribution in [0, 0.1) is 5.92 Å². The summed E-state index contributed by atoms with van der Waals surface area (Å²) in [6.45, 7) is 5.88. The molecule has 1 saturated carbocycles. The fourth-order valence-corrected chi connectivity index (χ4v) is 6.36. The molecule has 1 fully saturated rings. The number of aliphatic carboxylic acids is 1. The molecule has 5 nitrogen and oxygen atoms in total. The number of carboxylic acids is 1. The molecule has 0 spiro atoms. The van der Waals surface area contributed by atoms with Crippen molar-refractivity contribution < 1.29 is 19.5 Å². The number of nitrogens with one attached hydrogen (secondary N) is 1. The molecule has 0 saturated heterocycles. The van der Waals surface area contributed by atoms with E-state index < -0.39 is 17.9 Å². The number of carbonyl (C=O) groups is 3. The lowest BCUT2D eigenvalue weighted by atomic mass is 9.83. The number of carbonyl (C=O) groups excluding carboxylic acids is 2. The van der Waals surface area contributed by atoms with Gasteiger partial charge >= 0.3 is 5.97 Å². The molecule has 0 heterocycles. The molecule has 2 atom stereocenters. The third-order valence-electron chi connectivity index (χ3n) is 6.83. The third-order valence-corrected chi connectivity index (χ3v) is 9.45. The summed E-state index contributed by atoms with van der Waals surface area (Å²) in [6, 6.07) is 16.7. The van der Waals surface area contributed by atoms with Gasteiger partial charge in [-0.1, -0.05) is 92.5 Å². The van der Waals surface area contributed by atoms with Gasteiger partial charge in [0.25, 0.3) is 0 Å². The summed E-state index contributed by atoms with van der Waals surface area (Å²) in [5.41, 5.74) is 3.13. The molecular formula is C29H37NO4S2. The minimum absolute atomic E-state index is 0.100. The van der Waals surface area contributed by atoms with Crippen LogP contribution in [0.25, 0.3) is 0 Å². The first-order chi connectivity index (χ1) is 17.2. The summed E-state index contributed by atoms with van der Waals surface area (Å²) < 4.78 is -0.299. The van der Waals surface area contributed by atoms with Crippen molar-refractivity contribution >= 4 is 40.5 Å². The van der Waals surface area contributed by atoms with Gasteiger partial charge in [0, 0.05) is 27.7 Å². The average molecular weight is 528 g/mol. The Labute approximate surface area is 223 Å². The first kappa shape index (κ1) is 28.3. The van der Waals surface area contributed by atoms with E-state index in [0.717, 1.165) is 17.3 Å². The zero-order valence-corrected chi connectivity index (χ0v) is 23.0. The number of rotatable bonds is 11. The molecule has 194 valence electrons. The van der Waals surface area contributed by atoms with Gasteiger partial charge in [0.2, 0.25) is 11.0 Å². The molecule has 3 rings (SSSR count). The number of hydrogen-bond donors (Lipinski definition) is 2. The molecule has 0 aromatic heterocycles. The standard InChI is InChI=1S/C29H37NO4S2/c1-20(18-35-28(34)23-12-8-5-9-13-23)26(31)30-25(27(32)33)19-36-29(2,3)24-16-14-22(15-17-24)21-10-6-4-7-11-21/h5,8-9,12-17,20-21,25H,4,6-7,10-11,18-19H2,1-3H3,(H,30,31)(H,32,33)/t20-,25+/m1/s1. The van der Waals surface area contributed by atoms with Crippen molar-refractivity contribution in [3.63, 3.8) is 0 Å². The van der Waals surface area contributed by atoms with Crippen LogP contribution in [0.1, 0.15) is 80.3 Å². The lowest BCUT2D eigenvalue weighted by Gasteiger charge is -2.28. The number of benzene rings is 2. The van der Waals surface area contributed by atoms with Crippen LogP contribution in [0.2, 0.25) is 0 Å². The molecular weight excluding hydrogens is 490 g/mol. The van der Waals surface area contributed by atoms with E-state index in [1.54, 1.807) is 31.2 Å². The fourth-order valence-electron chi connectivity index (χ4n) is 4.39. The highest BCUT2D eigenvalue weighted by atomic mass is 32.2. The van der Waals surface area contributed by atoms with Crippen molar-refractivity contribution in [2.75, 3.05) is 11.5 Å². The van der Waals surface area contributed by atoms with E-state index in [9.17, 15) is 19.5 Å². The van der Waals surface area contributed by atoms with Gasteiger partial charge in [-0.05, 0) is 43.7 Å². The maximum Gasteiger partial charge on any atom is 0.327 e. The van der Waals surface area contributed by atoms with Gasteiger partial charge in [-0.25, -0.2) is 4.79 Å². The number of thioether (sulfide) groups is 2. The maximum atomic E-state index is 12.7. The summed E-state index contributed by atoms with van der Waals surface area (Å²) >= 11 is 2.60. The summed E-state index contributed by atoms with van der Waals surface area (Å²) in [4.78, 5) is 36.9. The lowest BCUT2D eigenvalue weighted by molar-refractivity contribution is -0.141. The highest BCUT2D eigenvalue weighted by Crippen LogP contribution is 2.38. The van der Waals surface area contributed by atoms with Gasteiger partial charge in [-0.3, -0.25) is 9.59 Å². The van der Waals surface area contributed by atoms with E-state index in [-0.39, 0.29) is 27.3 Å². The van der Waals surface area contributed by atoms with E-state index in [0.29, 0.717) is 11.5 Å². The normalized spacial score (nSPS) is 16.2. The van der Waals surface area contributed by atoms with Crippen molar-refractivity contribution in [2.45, 2.75) is 69.6 Å². The Bertz CT molecular complexity index is 1020. The second kappa shape index (κ2) is 13.3. The SMILES string of the molecule is C[C@H](CSC(=O)c1ccccc1)C(=O)N[C@@H](CSC(C)(C)c1ccc(C2CCCCC2)cc1)C(=O)O. The van der Waals surface area contributed by atoms with Gasteiger partial charge in [-0.2, -0.15) is 0 Å². The van der Waals surface area contributed by atoms with Crippen LogP contribution in [0.4, 0.5) is 0 Å². The van der Waals surface area contributed by atoms with Crippen molar-refractivity contribution in [3.05, 3.63) is 71.3 Å². The minimum Gasteiger partial charge on any atom is -0.480 e. The zero-order chi connectivity index (χ0) is 26.1. The molecule has 0 aliphatic heterocycles. The smallest absolute Gasteiger partial charge is 0.327 e. The maximum absolute atomic E-state index is 12.7. The quantitative estimate of drug-likeness (QED) is 0.348. The highest BCUT2D eigenvalue weighted by molar-refractivity contribution is 8.14. The van der Waals surface area contributed by atoms with Crippen molar-refractivity contribution in [1.82, 2.24) is 5.32 Å². The third kappa shape index (κ3) is 8.13. The van der Waals surface area contributed by atoms with Crippen LogP contribution >= 0.6 is 23.5 Å². The first-order valence-corrected chi connectivity index (χ1v) is 14.6. The molecule has 2 aromatic rings. The van der Waals surface area contributed by atoms with Crippen LogP contribution in [-0.4, -0.2) is 39.6 Å². The summed E-state index contributed by atoms with van der Waals surface area (Å²) in [5, 5.41) is 12.3. The number of amides is 1. The minimum atomic E-state index is -1.06. The molecule has 0 radical (unpaired) electrons. The largest absolute Gasteiger partial charge is 0.480 e. The molecule has 2 N–H and O–H groups in total. The molecule has 2 aromatic carbocycles. The zero-order valence-electron chi connectivity index (χ0n) is 21.4. The number of carboxylic acid groups (broad SMARTS) is 1. The molecule has 1 amide bonds. The van der Waals surface area contributed by atoms with Crippen LogP contribution in [-0.2, 0) is 14.3 Å². The van der Waals surface area contributed by atoms with Gasteiger partial charge in [-0.15, -0.1) is 11.8 Å². The first-order valence-electron chi connectivity index (χ1n) is 12.7. The Balaban J connectivity index is 1.51. The molecule has 36 heavy (non-hydrogen) atoms. The molecule has 1 aliphatic rings. The van der Waals surface area contributed by atoms with Crippen LogP contribution < -0.4 is 5.32 Å². The van der Waals surface area contributed by atoms with E-state index >= 15 is 0 Å². The van der Waals surface area contributed by atoms with Gasteiger partial charge < -0.3 is 10.4 Å². The Morgan fingerprint density at radius 3 is 2.22 bits per heavy atom. The van der Waals surface area contributed by atoms with Gasteiger partial charge in [0.05, 0.1) is 0 Å². The lowest BCUT2D eigenvalue weighted by Crippen LogP contribution is -2.45. The summed E-state index contributed by atoms with van der Waals surface area (Å²) in [7, 11) is 0. The van der Waals surface area contributed by atoms with Crippen LogP contribution in [0.5, 0.6) is 0 Å². The van der Waals surface area contributed by atoms with Crippen molar-refractivity contribution in [1.29, 1.82) is 0 Å². The molecule has 0 bridgehead atoms. The highest BCUT2D eigenvalue weighted by Gasteiger charge is 2.28. The fraction of sp³-hybridized carbons (Fsp3) is 0.483. The second-order valence-electron chi connectivity index (χ2n) is 10.0. The predicted molar refractivity (Wildman–Crippen MR) is 150 cm³/mol. The van der Waals surface area contributed by atoms with Crippen LogP contribution in [0.3, 0.4) is 0 Å². The van der Waals surface area contributed by atoms with Gasteiger partial charge in [0.1, 0.15) is 6.04 Å². The predicted octanol–water partition coefficient (Wildman–Crippen LogP) is 6.48. The topological polar surface area (TPSA) is 83.5 Å². The number of hydrogen-bond acceptors (Lipinski definition) is 5. The van der Waals surface area contributed by atoms with Crippen LogP contribution in [0.15, 0.2) is 54.6 Å². The van der Waals surface area contributed by atoms with Gasteiger partial charge in [0.15, 0.2) is 0 Å². The molecule has 1 aliphatic carbocycles. The van der Waals surface area contributed by atoms with E-state index in [2.05, 4.69) is 43.4 Å². The van der Waals surface area contributed by atoms with E-state index in [1.807, 2.05) is 6.07 Å². The summed E-state index contributed by atoms with van der Waals surface area (Å²) in [5.74, 6) is -0.710. The van der Waals surface area contributed by atoms with E-state index in [1.165, 1.54) is 49.4 Å². The Hall–Kier alpha value is -2.25. The average Bonchev–Trinajstić information content (AvgIpc) is 2.90.